The number of rotatable bonds is 8. The summed E-state index contributed by atoms with van der Waals surface area (Å²) in [5, 5.41) is 14.1. The number of ether oxygens (including phenoxy) is 1. The van der Waals surface area contributed by atoms with Crippen molar-refractivity contribution in [1.82, 2.24) is 4.90 Å². The van der Waals surface area contributed by atoms with Crippen LogP contribution in [-0.4, -0.2) is 37.6 Å². The molecule has 0 spiro atoms. The molecule has 2 rings (SSSR count). The highest BCUT2D eigenvalue weighted by molar-refractivity contribution is 7.14. The van der Waals surface area contributed by atoms with Gasteiger partial charge in [0, 0.05) is 19.5 Å². The highest BCUT2D eigenvalue weighted by atomic mass is 32.1. The topological polar surface area (TPSA) is 65.4 Å². The quantitative estimate of drug-likeness (QED) is 0.799. The van der Waals surface area contributed by atoms with Gasteiger partial charge in [-0.3, -0.25) is 4.79 Å². The Labute approximate surface area is 146 Å². The van der Waals surface area contributed by atoms with E-state index in [0.717, 1.165) is 12.3 Å². The van der Waals surface area contributed by atoms with Gasteiger partial charge in [-0.25, -0.2) is 0 Å². The van der Waals surface area contributed by atoms with Crippen LogP contribution in [-0.2, 0) is 4.79 Å². The zero-order valence-corrected chi connectivity index (χ0v) is 14.7. The van der Waals surface area contributed by atoms with Crippen LogP contribution in [0.15, 0.2) is 35.7 Å². The maximum atomic E-state index is 11.9. The molecule has 2 aromatic rings. The van der Waals surface area contributed by atoms with Crippen molar-refractivity contribution >= 4 is 22.2 Å². The number of anilines is 1. The monoisotopic (exact) mass is 343 g/mol. The van der Waals surface area contributed by atoms with Crippen molar-refractivity contribution in [3.63, 3.8) is 0 Å². The van der Waals surface area contributed by atoms with Crippen LogP contribution in [0.2, 0.25) is 0 Å². The minimum atomic E-state index is -0.0830. The Hall–Kier alpha value is -2.36. The fraction of sp³-hybridized carbons (Fsp3) is 0.333. The third-order valence-corrected chi connectivity index (χ3v) is 4.32. The summed E-state index contributed by atoms with van der Waals surface area (Å²) in [5.74, 6) is 0.781. The fourth-order valence-corrected chi connectivity index (χ4v) is 2.87. The Morgan fingerprint density at radius 3 is 2.96 bits per heavy atom. The number of amides is 1. The number of carbonyl (C=O) groups is 1. The van der Waals surface area contributed by atoms with Crippen LogP contribution in [0.5, 0.6) is 5.75 Å². The zero-order chi connectivity index (χ0) is 17.4. The van der Waals surface area contributed by atoms with Crippen molar-refractivity contribution in [2.45, 2.75) is 13.3 Å². The molecule has 1 amide bonds. The normalized spacial score (nSPS) is 10.4. The number of benzene rings is 1. The van der Waals surface area contributed by atoms with E-state index >= 15 is 0 Å². The van der Waals surface area contributed by atoms with Gasteiger partial charge in [-0.15, -0.1) is 11.3 Å². The van der Waals surface area contributed by atoms with Crippen LogP contribution in [0.4, 0.5) is 5.00 Å². The molecule has 0 aliphatic carbocycles. The van der Waals surface area contributed by atoms with Gasteiger partial charge < -0.3 is 15.0 Å². The molecule has 0 saturated heterocycles. The molecule has 6 heteroatoms. The van der Waals surface area contributed by atoms with E-state index in [4.69, 9.17) is 10.00 Å². The van der Waals surface area contributed by atoms with Crippen LogP contribution in [0, 0.1) is 18.3 Å². The number of thiophene rings is 1. The second kappa shape index (κ2) is 9.06. The summed E-state index contributed by atoms with van der Waals surface area (Å²) in [7, 11) is 1.96. The molecule has 1 N–H and O–H groups in total. The summed E-state index contributed by atoms with van der Waals surface area (Å²) in [6.45, 7) is 3.98. The van der Waals surface area contributed by atoms with Crippen LogP contribution in [0.3, 0.4) is 0 Å². The average Bonchev–Trinajstić information content (AvgIpc) is 3.00. The summed E-state index contributed by atoms with van der Waals surface area (Å²) in [6, 6.07) is 11.7. The summed E-state index contributed by atoms with van der Waals surface area (Å²) >= 11 is 1.36. The van der Waals surface area contributed by atoms with Gasteiger partial charge in [0.2, 0.25) is 5.91 Å². The minimum Gasteiger partial charge on any atom is -0.492 e. The molecular weight excluding hydrogens is 322 g/mol. The predicted molar refractivity (Wildman–Crippen MR) is 96.5 cm³/mol. The number of nitriles is 1. The van der Waals surface area contributed by atoms with Crippen LogP contribution in [0.1, 0.15) is 17.5 Å². The number of carbonyl (C=O) groups excluding carboxylic acids is 1. The molecule has 1 aromatic carbocycles. The van der Waals surface area contributed by atoms with Crippen molar-refractivity contribution in [1.29, 1.82) is 5.26 Å². The van der Waals surface area contributed by atoms with Gasteiger partial charge in [0.1, 0.15) is 23.4 Å². The first-order valence-electron chi connectivity index (χ1n) is 7.74. The molecule has 0 aliphatic heterocycles. The third kappa shape index (κ3) is 5.69. The van der Waals surface area contributed by atoms with E-state index < -0.39 is 0 Å². The van der Waals surface area contributed by atoms with Gasteiger partial charge in [-0.05, 0) is 43.1 Å². The smallest absolute Gasteiger partial charge is 0.226 e. The van der Waals surface area contributed by atoms with E-state index in [9.17, 15) is 4.79 Å². The second-order valence-electron chi connectivity index (χ2n) is 5.54. The molecule has 0 atom stereocenters. The molecule has 0 fully saturated rings. The van der Waals surface area contributed by atoms with Crippen molar-refractivity contribution < 1.29 is 9.53 Å². The number of hydrogen-bond acceptors (Lipinski definition) is 5. The Kier molecular flexibility index (Phi) is 6.79. The number of aryl methyl sites for hydroxylation is 1. The van der Waals surface area contributed by atoms with E-state index in [-0.39, 0.29) is 5.91 Å². The Balaban J connectivity index is 1.66. The van der Waals surface area contributed by atoms with Crippen molar-refractivity contribution in [2.75, 3.05) is 32.1 Å². The molecular formula is C18H21N3O2S. The van der Waals surface area contributed by atoms with Gasteiger partial charge in [0.25, 0.3) is 0 Å². The zero-order valence-electron chi connectivity index (χ0n) is 13.9. The van der Waals surface area contributed by atoms with E-state index in [1.807, 2.05) is 38.2 Å². The lowest BCUT2D eigenvalue weighted by Gasteiger charge is -2.16. The third-order valence-electron chi connectivity index (χ3n) is 3.49. The fourth-order valence-electron chi connectivity index (χ4n) is 2.11. The molecule has 1 aromatic heterocycles. The molecule has 0 saturated carbocycles. The number of hydrogen-bond donors (Lipinski definition) is 1. The average molecular weight is 343 g/mol. The SMILES string of the molecule is Cc1cccc(OCCN(C)CCC(=O)Nc2sccc2C#N)c1. The van der Waals surface area contributed by atoms with Crippen molar-refractivity contribution in [2.24, 2.45) is 0 Å². The highest BCUT2D eigenvalue weighted by Gasteiger charge is 2.09. The first-order chi connectivity index (χ1) is 11.6. The summed E-state index contributed by atoms with van der Waals surface area (Å²) in [5.41, 5.74) is 1.68. The molecule has 5 nitrogen and oxygen atoms in total. The molecule has 1 heterocycles. The maximum Gasteiger partial charge on any atom is 0.226 e. The molecule has 0 bridgehead atoms. The Bertz CT molecular complexity index is 721. The van der Waals surface area contributed by atoms with Gasteiger partial charge in [-0.1, -0.05) is 12.1 Å². The van der Waals surface area contributed by atoms with E-state index in [1.54, 1.807) is 11.4 Å². The van der Waals surface area contributed by atoms with E-state index in [0.29, 0.717) is 30.1 Å². The lowest BCUT2D eigenvalue weighted by molar-refractivity contribution is -0.116. The predicted octanol–water partition coefficient (Wildman–Crippen LogP) is 3.27. The summed E-state index contributed by atoms with van der Waals surface area (Å²) in [4.78, 5) is 14.0. The molecule has 24 heavy (non-hydrogen) atoms. The van der Waals surface area contributed by atoms with E-state index in [1.165, 1.54) is 16.9 Å². The number of likely N-dealkylation sites (N-methyl/N-ethyl adjacent to an activating group) is 1. The molecule has 0 unspecified atom stereocenters. The van der Waals surface area contributed by atoms with Gasteiger partial charge in [0.15, 0.2) is 0 Å². The Morgan fingerprint density at radius 2 is 2.21 bits per heavy atom. The lowest BCUT2D eigenvalue weighted by atomic mass is 10.2. The largest absolute Gasteiger partial charge is 0.492 e. The molecule has 126 valence electrons. The van der Waals surface area contributed by atoms with Crippen LogP contribution >= 0.6 is 11.3 Å². The van der Waals surface area contributed by atoms with Crippen molar-refractivity contribution in [3.8, 4) is 11.8 Å². The lowest BCUT2D eigenvalue weighted by Crippen LogP contribution is -2.28. The van der Waals surface area contributed by atoms with Crippen LogP contribution < -0.4 is 10.1 Å². The highest BCUT2D eigenvalue weighted by Crippen LogP contribution is 2.22. The minimum absolute atomic E-state index is 0.0830. The first kappa shape index (κ1) is 18.0. The van der Waals surface area contributed by atoms with Gasteiger partial charge in [-0.2, -0.15) is 5.26 Å². The maximum absolute atomic E-state index is 11.9. The van der Waals surface area contributed by atoms with Crippen LogP contribution in [0.25, 0.3) is 0 Å². The molecule has 0 radical (unpaired) electrons. The van der Waals surface area contributed by atoms with Crippen molar-refractivity contribution in [3.05, 3.63) is 46.8 Å². The number of nitrogens with zero attached hydrogens (tertiary/aromatic N) is 2. The molecule has 0 aliphatic rings. The van der Waals surface area contributed by atoms with E-state index in [2.05, 4.69) is 16.3 Å². The second-order valence-corrected chi connectivity index (χ2v) is 6.46. The number of nitrogens with one attached hydrogen (secondary N) is 1. The standard InChI is InChI=1S/C18H21N3O2S/c1-14-4-3-5-16(12-14)23-10-9-21(2)8-6-17(22)20-18-15(13-19)7-11-24-18/h3-5,7,11-12H,6,8-10H2,1-2H3,(H,20,22). The summed E-state index contributed by atoms with van der Waals surface area (Å²) in [6.07, 6.45) is 0.379. The van der Waals surface area contributed by atoms with Gasteiger partial charge in [0.05, 0.1) is 5.56 Å². The summed E-state index contributed by atoms with van der Waals surface area (Å²) < 4.78 is 5.70. The Morgan fingerprint density at radius 1 is 1.38 bits per heavy atom. The first-order valence-corrected chi connectivity index (χ1v) is 8.62. The van der Waals surface area contributed by atoms with Gasteiger partial charge >= 0.3 is 0 Å².